The largest absolute Gasteiger partial charge is 0.463 e. The Morgan fingerprint density at radius 1 is 1.50 bits per heavy atom. The van der Waals surface area contributed by atoms with Crippen molar-refractivity contribution in [2.45, 2.75) is 19.4 Å². The van der Waals surface area contributed by atoms with Crippen molar-refractivity contribution in [3.8, 4) is 0 Å². The van der Waals surface area contributed by atoms with Gasteiger partial charge in [-0.1, -0.05) is 0 Å². The standard InChI is InChI=1S/C13H16N2O3/c1-9-5-6-11(18-9)13(2,17)8-15-12(16)10-4-3-7-14-10/h3-7,14,17H,8H2,1-2H3,(H,15,16). The summed E-state index contributed by atoms with van der Waals surface area (Å²) in [7, 11) is 0. The van der Waals surface area contributed by atoms with Gasteiger partial charge in [-0.25, -0.2) is 0 Å². The van der Waals surface area contributed by atoms with Crippen molar-refractivity contribution in [1.29, 1.82) is 0 Å². The van der Waals surface area contributed by atoms with Gasteiger partial charge in [0.2, 0.25) is 0 Å². The second-order valence-corrected chi connectivity index (χ2v) is 4.45. The number of carbonyl (C=O) groups is 1. The molecule has 2 aromatic rings. The number of amides is 1. The van der Waals surface area contributed by atoms with Crippen LogP contribution in [0.4, 0.5) is 0 Å². The van der Waals surface area contributed by atoms with Crippen molar-refractivity contribution in [2.75, 3.05) is 6.54 Å². The van der Waals surface area contributed by atoms with Crippen LogP contribution in [-0.4, -0.2) is 22.5 Å². The summed E-state index contributed by atoms with van der Waals surface area (Å²) in [5.41, 5.74) is -0.766. The quantitative estimate of drug-likeness (QED) is 0.768. The van der Waals surface area contributed by atoms with Crippen molar-refractivity contribution < 1.29 is 14.3 Å². The molecule has 2 heterocycles. The molecule has 18 heavy (non-hydrogen) atoms. The topological polar surface area (TPSA) is 78.3 Å². The van der Waals surface area contributed by atoms with E-state index in [1.165, 1.54) is 0 Å². The molecule has 5 nitrogen and oxygen atoms in total. The third-order valence-corrected chi connectivity index (χ3v) is 2.71. The summed E-state index contributed by atoms with van der Waals surface area (Å²) < 4.78 is 5.36. The minimum atomic E-state index is -1.23. The lowest BCUT2D eigenvalue weighted by molar-refractivity contribution is 0.0322. The lowest BCUT2D eigenvalue weighted by Crippen LogP contribution is -2.38. The summed E-state index contributed by atoms with van der Waals surface area (Å²) in [5, 5.41) is 12.9. The number of aromatic amines is 1. The number of hydrogen-bond donors (Lipinski definition) is 3. The number of aryl methyl sites for hydroxylation is 1. The first-order chi connectivity index (χ1) is 8.49. The average molecular weight is 248 g/mol. The molecule has 1 unspecified atom stereocenters. The van der Waals surface area contributed by atoms with E-state index in [2.05, 4.69) is 10.3 Å². The molecule has 5 heteroatoms. The second-order valence-electron chi connectivity index (χ2n) is 4.45. The summed E-state index contributed by atoms with van der Waals surface area (Å²) in [6, 6.07) is 6.89. The molecule has 96 valence electrons. The maximum Gasteiger partial charge on any atom is 0.267 e. The Balaban J connectivity index is 1.99. The van der Waals surface area contributed by atoms with Crippen LogP contribution >= 0.6 is 0 Å². The predicted octanol–water partition coefficient (Wildman–Crippen LogP) is 1.55. The van der Waals surface area contributed by atoms with E-state index in [0.29, 0.717) is 11.5 Å². The zero-order valence-corrected chi connectivity index (χ0v) is 10.4. The molecule has 0 saturated heterocycles. The first-order valence-corrected chi connectivity index (χ1v) is 5.70. The van der Waals surface area contributed by atoms with Gasteiger partial charge in [0.25, 0.3) is 5.91 Å². The molecule has 1 atom stereocenters. The van der Waals surface area contributed by atoms with E-state index in [1.54, 1.807) is 44.3 Å². The monoisotopic (exact) mass is 248 g/mol. The van der Waals surface area contributed by atoms with Crippen LogP contribution in [0, 0.1) is 6.92 Å². The van der Waals surface area contributed by atoms with Gasteiger partial charge >= 0.3 is 0 Å². The highest BCUT2D eigenvalue weighted by molar-refractivity contribution is 5.92. The molecule has 0 aliphatic heterocycles. The summed E-state index contributed by atoms with van der Waals surface area (Å²) >= 11 is 0. The van der Waals surface area contributed by atoms with Gasteiger partial charge in [-0.15, -0.1) is 0 Å². The van der Waals surface area contributed by atoms with Gasteiger partial charge < -0.3 is 19.8 Å². The Morgan fingerprint density at radius 3 is 2.83 bits per heavy atom. The molecular formula is C13H16N2O3. The Hall–Kier alpha value is -2.01. The lowest BCUT2D eigenvalue weighted by atomic mass is 10.0. The summed E-state index contributed by atoms with van der Waals surface area (Å²) in [6.45, 7) is 3.48. The molecule has 1 amide bonds. The highest BCUT2D eigenvalue weighted by atomic mass is 16.4. The van der Waals surface area contributed by atoms with Gasteiger partial charge in [0.15, 0.2) is 0 Å². The van der Waals surface area contributed by atoms with E-state index in [1.807, 2.05) is 0 Å². The van der Waals surface area contributed by atoms with Crippen molar-refractivity contribution in [1.82, 2.24) is 10.3 Å². The van der Waals surface area contributed by atoms with Crippen LogP contribution in [0.25, 0.3) is 0 Å². The highest BCUT2D eigenvalue weighted by Crippen LogP contribution is 2.21. The SMILES string of the molecule is Cc1ccc(C(C)(O)CNC(=O)c2ccc[nH]2)o1. The van der Waals surface area contributed by atoms with Crippen molar-refractivity contribution in [2.24, 2.45) is 0 Å². The number of furan rings is 1. The molecule has 2 aromatic heterocycles. The van der Waals surface area contributed by atoms with E-state index >= 15 is 0 Å². The molecule has 0 aromatic carbocycles. The van der Waals surface area contributed by atoms with Crippen LogP contribution in [-0.2, 0) is 5.60 Å². The highest BCUT2D eigenvalue weighted by Gasteiger charge is 2.27. The van der Waals surface area contributed by atoms with Crippen LogP contribution < -0.4 is 5.32 Å². The van der Waals surface area contributed by atoms with E-state index in [-0.39, 0.29) is 12.5 Å². The third kappa shape index (κ3) is 2.62. The first-order valence-electron chi connectivity index (χ1n) is 5.70. The number of H-pyrrole nitrogens is 1. The maximum absolute atomic E-state index is 11.7. The predicted molar refractivity (Wildman–Crippen MR) is 66.1 cm³/mol. The zero-order chi connectivity index (χ0) is 13.2. The van der Waals surface area contributed by atoms with Crippen molar-refractivity contribution in [3.05, 3.63) is 47.7 Å². The Kier molecular flexibility index (Phi) is 3.25. The Morgan fingerprint density at radius 2 is 2.28 bits per heavy atom. The fourth-order valence-electron chi connectivity index (χ4n) is 1.63. The molecule has 0 saturated carbocycles. The molecule has 2 rings (SSSR count). The molecule has 3 N–H and O–H groups in total. The maximum atomic E-state index is 11.7. The first kappa shape index (κ1) is 12.4. The van der Waals surface area contributed by atoms with Crippen LogP contribution in [0.1, 0.15) is 28.9 Å². The third-order valence-electron chi connectivity index (χ3n) is 2.71. The Bertz CT molecular complexity index is 526. The van der Waals surface area contributed by atoms with Gasteiger partial charge in [0.1, 0.15) is 22.8 Å². The number of rotatable bonds is 4. The van der Waals surface area contributed by atoms with Crippen molar-refractivity contribution >= 4 is 5.91 Å². The Labute approximate surface area is 105 Å². The second kappa shape index (κ2) is 4.70. The summed E-state index contributed by atoms with van der Waals surface area (Å²) in [5.74, 6) is 0.899. The number of aliphatic hydroxyl groups is 1. The number of hydrogen-bond acceptors (Lipinski definition) is 3. The summed E-state index contributed by atoms with van der Waals surface area (Å²) in [6.07, 6.45) is 1.67. The fraction of sp³-hybridized carbons (Fsp3) is 0.308. The van der Waals surface area contributed by atoms with E-state index < -0.39 is 5.60 Å². The lowest BCUT2D eigenvalue weighted by Gasteiger charge is -2.21. The molecule has 0 aliphatic rings. The fourth-order valence-corrected chi connectivity index (χ4v) is 1.63. The van der Waals surface area contributed by atoms with Crippen LogP contribution in [0.2, 0.25) is 0 Å². The molecule has 0 bridgehead atoms. The zero-order valence-electron chi connectivity index (χ0n) is 10.4. The minimum Gasteiger partial charge on any atom is -0.463 e. The summed E-state index contributed by atoms with van der Waals surface area (Å²) in [4.78, 5) is 14.5. The number of nitrogens with one attached hydrogen (secondary N) is 2. The average Bonchev–Trinajstić information content (AvgIpc) is 2.96. The molecule has 0 radical (unpaired) electrons. The van der Waals surface area contributed by atoms with Gasteiger partial charge in [-0.05, 0) is 38.1 Å². The van der Waals surface area contributed by atoms with Crippen molar-refractivity contribution in [3.63, 3.8) is 0 Å². The normalized spacial score (nSPS) is 14.2. The van der Waals surface area contributed by atoms with Gasteiger partial charge in [-0.3, -0.25) is 4.79 Å². The van der Waals surface area contributed by atoms with E-state index in [4.69, 9.17) is 4.42 Å². The number of aromatic nitrogens is 1. The van der Waals surface area contributed by atoms with Crippen LogP contribution in [0.5, 0.6) is 0 Å². The van der Waals surface area contributed by atoms with Gasteiger partial charge in [0, 0.05) is 6.20 Å². The smallest absolute Gasteiger partial charge is 0.267 e. The molecule has 0 spiro atoms. The van der Waals surface area contributed by atoms with Crippen LogP contribution in [0.3, 0.4) is 0 Å². The van der Waals surface area contributed by atoms with Crippen LogP contribution in [0.15, 0.2) is 34.9 Å². The molecule has 0 fully saturated rings. The van der Waals surface area contributed by atoms with E-state index in [9.17, 15) is 9.90 Å². The molecular weight excluding hydrogens is 232 g/mol. The van der Waals surface area contributed by atoms with Gasteiger partial charge in [-0.2, -0.15) is 0 Å². The van der Waals surface area contributed by atoms with E-state index in [0.717, 1.165) is 5.76 Å². The molecule has 0 aliphatic carbocycles. The minimum absolute atomic E-state index is 0.0812. The number of carbonyl (C=O) groups excluding carboxylic acids is 1. The van der Waals surface area contributed by atoms with Gasteiger partial charge in [0.05, 0.1) is 6.54 Å².